The van der Waals surface area contributed by atoms with Gasteiger partial charge in [-0.15, -0.1) is 0 Å². The highest BCUT2D eigenvalue weighted by molar-refractivity contribution is 7.44. The highest BCUT2D eigenvalue weighted by Crippen LogP contribution is 1.85. The summed E-state index contributed by atoms with van der Waals surface area (Å²) in [6.07, 6.45) is 0.0255. The summed E-state index contributed by atoms with van der Waals surface area (Å²) in [6.45, 7) is 5.04. The lowest BCUT2D eigenvalue weighted by atomic mass is 10.5. The van der Waals surface area contributed by atoms with E-state index in [1.54, 1.807) is 0 Å². The summed E-state index contributed by atoms with van der Waals surface area (Å²) in [5.41, 5.74) is 0. The summed E-state index contributed by atoms with van der Waals surface area (Å²) in [6, 6.07) is 0. The molecule has 0 heterocycles. The third-order valence-electron chi connectivity index (χ3n) is 0.402. The third kappa shape index (κ3) is 18.5. The first-order valence-electron chi connectivity index (χ1n) is 2.47. The zero-order chi connectivity index (χ0) is 7.86. The van der Waals surface area contributed by atoms with Gasteiger partial charge in [0.15, 0.2) is 12.5 Å². The quantitative estimate of drug-likeness (QED) is 0.514. The van der Waals surface area contributed by atoms with Crippen LogP contribution in [-0.4, -0.2) is 16.3 Å². The fraction of sp³-hybridized carbons (Fsp3) is 0.800. The van der Waals surface area contributed by atoms with E-state index in [2.05, 4.69) is 17.3 Å². The molecule has 0 saturated carbocycles. The third-order valence-corrected chi connectivity index (χ3v) is 0.402. The van der Waals surface area contributed by atoms with Gasteiger partial charge in [0.1, 0.15) is 0 Å². The van der Waals surface area contributed by atoms with Gasteiger partial charge in [-0.25, -0.2) is 0 Å². The Kier molecular flexibility index (Phi) is 9.41. The molecule has 0 atom stereocenters. The molecule has 0 spiro atoms. The summed E-state index contributed by atoms with van der Waals surface area (Å²) in [7, 11) is 0. The number of carbonyl (C=O) groups is 1. The van der Waals surface area contributed by atoms with Gasteiger partial charge in [0.25, 0.3) is 0 Å². The zero-order valence-electron chi connectivity index (χ0n) is 5.71. The van der Waals surface area contributed by atoms with E-state index in [0.29, 0.717) is 0 Å². The van der Waals surface area contributed by atoms with E-state index in [1.165, 1.54) is 6.92 Å². The summed E-state index contributed by atoms with van der Waals surface area (Å²) in [4.78, 5) is 10.0. The Morgan fingerprint density at radius 2 is 1.78 bits per heavy atom. The molecule has 54 valence electrons. The van der Waals surface area contributed by atoms with Crippen molar-refractivity contribution in [2.45, 2.75) is 26.9 Å². The van der Waals surface area contributed by atoms with E-state index in [0.717, 1.165) is 0 Å². The molecule has 0 aliphatic carbocycles. The monoisotopic (exact) mass is 150 g/mol. The predicted molar refractivity (Wildman–Crippen MR) is 35.0 cm³/mol. The van der Waals surface area contributed by atoms with Crippen molar-refractivity contribution in [3.8, 4) is 0 Å². The minimum atomic E-state index is -0.213. The second-order valence-electron chi connectivity index (χ2n) is 1.66. The maximum Gasteiger partial charge on any atom is 0.302 e. The van der Waals surface area contributed by atoms with Gasteiger partial charge in [-0.1, -0.05) is 0 Å². The molecule has 0 saturated heterocycles. The number of hydrogen-bond acceptors (Lipinski definition) is 4. The summed E-state index contributed by atoms with van der Waals surface area (Å²) in [5.74, 6) is -0.213. The molecule has 3 nitrogen and oxygen atoms in total. The Balaban J connectivity index is 0. The molecule has 0 aromatic rings. The van der Waals surface area contributed by atoms with Gasteiger partial charge in [0.2, 0.25) is 0 Å². The van der Waals surface area contributed by atoms with Crippen molar-refractivity contribution in [2.75, 3.05) is 0 Å². The van der Waals surface area contributed by atoms with Crippen molar-refractivity contribution < 1.29 is 13.7 Å². The number of ether oxygens (including phenoxy) is 1. The number of hydrogen-bond donors (Lipinski definition) is 0. The minimum absolute atomic E-state index is 0.0255. The van der Waals surface area contributed by atoms with E-state index in [9.17, 15) is 4.79 Å². The van der Waals surface area contributed by atoms with Crippen LogP contribution in [0.1, 0.15) is 20.8 Å². The summed E-state index contributed by atoms with van der Waals surface area (Å²) < 4.78 is 12.4. The van der Waals surface area contributed by atoms with Gasteiger partial charge < -0.3 is 4.74 Å². The molecule has 0 rings (SSSR count). The second-order valence-corrected chi connectivity index (χ2v) is 1.66. The van der Waals surface area contributed by atoms with Crippen LogP contribution in [0.3, 0.4) is 0 Å². The highest BCUT2D eigenvalue weighted by Gasteiger charge is 1.93. The van der Waals surface area contributed by atoms with Crippen LogP contribution in [0.4, 0.5) is 0 Å². The van der Waals surface area contributed by atoms with Crippen molar-refractivity contribution in [3.63, 3.8) is 0 Å². The second kappa shape index (κ2) is 7.49. The molecule has 0 N–H and O–H groups in total. The first-order chi connectivity index (χ1) is 4.13. The lowest BCUT2D eigenvalue weighted by molar-refractivity contribution is -0.144. The van der Waals surface area contributed by atoms with E-state index < -0.39 is 0 Å². The van der Waals surface area contributed by atoms with Gasteiger partial charge in [-0.2, -0.15) is 4.21 Å². The van der Waals surface area contributed by atoms with Gasteiger partial charge in [-0.05, 0) is 13.8 Å². The molecule has 0 fully saturated rings. The molecule has 4 heteroatoms. The number of rotatable bonds is 1. The normalized spacial score (nSPS) is 7.56. The Labute approximate surface area is 59.9 Å². The molecular formula is C5H10O3S. The Morgan fingerprint density at radius 1 is 1.44 bits per heavy atom. The molecule has 0 bridgehead atoms. The van der Waals surface area contributed by atoms with Crippen LogP contribution in [0.15, 0.2) is 0 Å². The molecule has 9 heavy (non-hydrogen) atoms. The van der Waals surface area contributed by atoms with Crippen LogP contribution in [0.25, 0.3) is 0 Å². The van der Waals surface area contributed by atoms with Gasteiger partial charge in [0.05, 0.1) is 6.10 Å². The van der Waals surface area contributed by atoms with Crippen LogP contribution in [-0.2, 0) is 22.1 Å². The summed E-state index contributed by atoms with van der Waals surface area (Å²) in [5, 5.41) is 0. The van der Waals surface area contributed by atoms with Gasteiger partial charge in [0, 0.05) is 6.92 Å². The maximum absolute atomic E-state index is 10.0. The number of carbonyl (C=O) groups excluding carboxylic acids is 1. The van der Waals surface area contributed by atoms with E-state index in [1.807, 2.05) is 13.8 Å². The van der Waals surface area contributed by atoms with Crippen molar-refractivity contribution >= 4 is 18.5 Å². The van der Waals surface area contributed by atoms with Crippen molar-refractivity contribution in [2.24, 2.45) is 0 Å². The molecule has 0 amide bonds. The lowest BCUT2D eigenvalue weighted by Gasteiger charge is -2.01. The van der Waals surface area contributed by atoms with Crippen molar-refractivity contribution in [1.82, 2.24) is 0 Å². The lowest BCUT2D eigenvalue weighted by Crippen LogP contribution is -2.06. The molecule has 0 aliphatic rings. The van der Waals surface area contributed by atoms with E-state index in [4.69, 9.17) is 4.21 Å². The zero-order valence-corrected chi connectivity index (χ0v) is 6.53. The van der Waals surface area contributed by atoms with Crippen LogP contribution in [0, 0.1) is 0 Å². The molecule has 0 aromatic carbocycles. The van der Waals surface area contributed by atoms with Gasteiger partial charge >= 0.3 is 5.97 Å². The van der Waals surface area contributed by atoms with Crippen molar-refractivity contribution in [3.05, 3.63) is 0 Å². The maximum atomic E-state index is 10.0. The fourth-order valence-electron chi connectivity index (χ4n) is 0.332. The highest BCUT2D eigenvalue weighted by atomic mass is 32.1. The average Bonchev–Trinajstić information content (AvgIpc) is 1.68. The standard InChI is InChI=1S/C5H10O2.OS/c1-4(2)7-5(3)6;1-2/h4H,1-3H3;. The molecule has 0 aliphatic heterocycles. The smallest absolute Gasteiger partial charge is 0.302 e. The average molecular weight is 150 g/mol. The fourth-order valence-corrected chi connectivity index (χ4v) is 0.332. The van der Waals surface area contributed by atoms with E-state index in [-0.39, 0.29) is 12.1 Å². The Hall–Kier alpha value is -0.510. The molecular weight excluding hydrogens is 140 g/mol. The first-order valence-corrected chi connectivity index (χ1v) is 2.80. The summed E-state index contributed by atoms with van der Waals surface area (Å²) >= 11 is 2.83. The van der Waals surface area contributed by atoms with Crippen LogP contribution in [0.2, 0.25) is 0 Å². The number of esters is 1. The Morgan fingerprint density at radius 3 is 1.78 bits per heavy atom. The minimum Gasteiger partial charge on any atom is -0.463 e. The molecule has 0 aromatic heterocycles. The van der Waals surface area contributed by atoms with E-state index >= 15 is 0 Å². The molecule has 0 unspecified atom stereocenters. The van der Waals surface area contributed by atoms with Crippen LogP contribution >= 0.6 is 0 Å². The van der Waals surface area contributed by atoms with Gasteiger partial charge in [-0.3, -0.25) is 4.79 Å². The van der Waals surface area contributed by atoms with Crippen molar-refractivity contribution in [1.29, 1.82) is 0 Å². The molecule has 0 radical (unpaired) electrons. The largest absolute Gasteiger partial charge is 0.463 e. The topological polar surface area (TPSA) is 43.4 Å². The Bertz CT molecular complexity index is 82.3. The van der Waals surface area contributed by atoms with Crippen LogP contribution < -0.4 is 0 Å². The SMILES string of the molecule is CC(=O)OC(C)C.O=S. The first kappa shape index (κ1) is 11.3. The predicted octanol–water partition coefficient (Wildman–Crippen LogP) is 0.622. The van der Waals surface area contributed by atoms with Crippen LogP contribution in [0.5, 0.6) is 0 Å².